The van der Waals surface area contributed by atoms with Crippen LogP contribution < -0.4 is 5.32 Å². The van der Waals surface area contributed by atoms with Gasteiger partial charge in [0.25, 0.3) is 5.91 Å². The molecule has 0 bridgehead atoms. The van der Waals surface area contributed by atoms with Crippen LogP contribution in [0.2, 0.25) is 0 Å². The van der Waals surface area contributed by atoms with E-state index in [0.717, 1.165) is 49.5 Å². The highest BCUT2D eigenvalue weighted by molar-refractivity contribution is 5.94. The van der Waals surface area contributed by atoms with E-state index in [0.29, 0.717) is 11.7 Å². The number of hydrogen-bond acceptors (Lipinski definition) is 5. The van der Waals surface area contributed by atoms with E-state index < -0.39 is 0 Å². The maximum Gasteiger partial charge on any atom is 0.251 e. The van der Waals surface area contributed by atoms with Gasteiger partial charge in [-0.2, -0.15) is 4.98 Å². The Morgan fingerprint density at radius 3 is 2.69 bits per heavy atom. The molecule has 6 heteroatoms. The average molecular weight is 431 g/mol. The summed E-state index contributed by atoms with van der Waals surface area (Å²) in [4.78, 5) is 20.1. The first kappa shape index (κ1) is 20.9. The van der Waals surface area contributed by atoms with Crippen molar-refractivity contribution in [3.8, 4) is 0 Å². The Labute approximate surface area is 189 Å². The monoisotopic (exact) mass is 430 g/mol. The number of benzene rings is 2. The number of nitrogens with zero attached hydrogens (tertiary/aromatic N) is 3. The zero-order chi connectivity index (χ0) is 22.3. The van der Waals surface area contributed by atoms with E-state index in [1.807, 2.05) is 38.1 Å². The summed E-state index contributed by atoms with van der Waals surface area (Å²) in [6, 6.07) is 16.6. The van der Waals surface area contributed by atoms with Crippen LogP contribution in [-0.4, -0.2) is 40.1 Å². The molecule has 2 aliphatic rings. The highest BCUT2D eigenvalue weighted by Gasteiger charge is 2.57. The lowest BCUT2D eigenvalue weighted by Crippen LogP contribution is -2.38. The molecule has 2 heterocycles. The minimum atomic E-state index is -0.211. The second kappa shape index (κ2) is 8.17. The maximum atomic E-state index is 13.0. The van der Waals surface area contributed by atoms with Crippen molar-refractivity contribution in [3.63, 3.8) is 0 Å². The van der Waals surface area contributed by atoms with Gasteiger partial charge in [0.2, 0.25) is 5.89 Å². The summed E-state index contributed by atoms with van der Waals surface area (Å²) in [7, 11) is 0. The van der Waals surface area contributed by atoms with Crippen LogP contribution in [0.3, 0.4) is 0 Å². The molecule has 3 aromatic rings. The van der Waals surface area contributed by atoms with Crippen LogP contribution in [0.1, 0.15) is 51.6 Å². The molecule has 1 saturated carbocycles. The minimum Gasteiger partial charge on any atom is -0.349 e. The van der Waals surface area contributed by atoms with E-state index in [9.17, 15) is 4.79 Å². The number of likely N-dealkylation sites (tertiary alicyclic amines) is 1. The Balaban J connectivity index is 1.34. The topological polar surface area (TPSA) is 71.3 Å². The molecule has 2 aromatic carbocycles. The van der Waals surface area contributed by atoms with Crippen LogP contribution in [0.25, 0.3) is 0 Å². The molecule has 2 fully saturated rings. The van der Waals surface area contributed by atoms with E-state index in [1.54, 1.807) is 0 Å². The molecular weight excluding hydrogens is 400 g/mol. The lowest BCUT2D eigenvalue weighted by atomic mass is 9.80. The first-order valence-electron chi connectivity index (χ1n) is 11.4. The number of aromatic nitrogens is 2. The molecule has 1 aromatic heterocycles. The Hall–Kier alpha value is -2.99. The summed E-state index contributed by atoms with van der Waals surface area (Å²) < 4.78 is 5.72. The second-order valence-corrected chi connectivity index (χ2v) is 9.56. The fourth-order valence-electron chi connectivity index (χ4n) is 5.53. The van der Waals surface area contributed by atoms with Crippen LogP contribution in [0.15, 0.2) is 53.1 Å². The zero-order valence-corrected chi connectivity index (χ0v) is 19.0. The second-order valence-electron chi connectivity index (χ2n) is 9.56. The van der Waals surface area contributed by atoms with E-state index in [4.69, 9.17) is 4.52 Å². The highest BCUT2D eigenvalue weighted by Crippen LogP contribution is 2.50. The number of carbonyl (C=O) groups is 1. The molecule has 0 spiro atoms. The van der Waals surface area contributed by atoms with Gasteiger partial charge in [0.05, 0.1) is 5.41 Å². The number of rotatable bonds is 5. The normalized spacial score (nSPS) is 25.1. The third kappa shape index (κ3) is 3.84. The van der Waals surface area contributed by atoms with Gasteiger partial charge in [-0.3, -0.25) is 9.69 Å². The highest BCUT2D eigenvalue weighted by atomic mass is 16.5. The van der Waals surface area contributed by atoms with Crippen molar-refractivity contribution in [3.05, 3.63) is 82.5 Å². The predicted octanol–water partition coefficient (Wildman–Crippen LogP) is 3.96. The Bertz CT molecular complexity index is 1130. The first-order valence-corrected chi connectivity index (χ1v) is 11.4. The van der Waals surface area contributed by atoms with E-state index in [-0.39, 0.29) is 17.4 Å². The quantitative estimate of drug-likeness (QED) is 0.664. The predicted molar refractivity (Wildman–Crippen MR) is 122 cm³/mol. The SMILES string of the molecule is Cc1noc([C@]23C[C@H](NC(=O)c4ccc(C)c(C)c4)C[C@H]2CN(Cc2ccccc2)C3)n1. The number of hydrogen-bond donors (Lipinski definition) is 1. The average Bonchev–Trinajstić information content (AvgIpc) is 3.43. The van der Waals surface area contributed by atoms with E-state index in [1.165, 1.54) is 11.1 Å². The summed E-state index contributed by atoms with van der Waals surface area (Å²) in [6.45, 7) is 8.71. The van der Waals surface area contributed by atoms with Crippen molar-refractivity contribution < 1.29 is 9.32 Å². The van der Waals surface area contributed by atoms with Crippen LogP contribution in [0, 0.1) is 26.7 Å². The van der Waals surface area contributed by atoms with Crippen molar-refractivity contribution in [2.45, 2.75) is 51.6 Å². The lowest BCUT2D eigenvalue weighted by Gasteiger charge is -2.25. The fraction of sp³-hybridized carbons (Fsp3) is 0.423. The van der Waals surface area contributed by atoms with E-state index >= 15 is 0 Å². The molecule has 1 amide bonds. The maximum absolute atomic E-state index is 13.0. The first-order chi connectivity index (χ1) is 15.4. The molecule has 1 aliphatic carbocycles. The van der Waals surface area contributed by atoms with Gasteiger partial charge in [0, 0.05) is 31.2 Å². The van der Waals surface area contributed by atoms with Gasteiger partial charge in [-0.1, -0.05) is 41.6 Å². The number of nitrogens with one attached hydrogen (secondary N) is 1. The van der Waals surface area contributed by atoms with Crippen LogP contribution in [0.4, 0.5) is 0 Å². The summed E-state index contributed by atoms with van der Waals surface area (Å²) >= 11 is 0. The van der Waals surface area contributed by atoms with Gasteiger partial charge < -0.3 is 9.84 Å². The lowest BCUT2D eigenvalue weighted by molar-refractivity contribution is 0.0933. The Morgan fingerprint density at radius 2 is 1.97 bits per heavy atom. The molecule has 5 rings (SSSR count). The van der Waals surface area contributed by atoms with Gasteiger partial charge >= 0.3 is 0 Å². The molecule has 6 nitrogen and oxygen atoms in total. The largest absolute Gasteiger partial charge is 0.349 e. The minimum absolute atomic E-state index is 0.00363. The standard InChI is InChI=1S/C26H30N4O2/c1-17-9-10-21(11-18(17)2)24(31)28-23-12-22-15-30(14-20-7-5-4-6-8-20)16-26(22,13-23)25-27-19(3)29-32-25/h4-11,22-23H,12-16H2,1-3H3,(H,28,31)/t22-,23+,26-/m0/s1. The number of carbonyl (C=O) groups excluding carboxylic acids is 1. The van der Waals surface area contributed by atoms with Gasteiger partial charge in [-0.05, 0) is 68.4 Å². The van der Waals surface area contributed by atoms with Crippen molar-refractivity contribution in [1.82, 2.24) is 20.4 Å². The Morgan fingerprint density at radius 1 is 1.16 bits per heavy atom. The zero-order valence-electron chi connectivity index (χ0n) is 19.0. The van der Waals surface area contributed by atoms with Crippen LogP contribution >= 0.6 is 0 Å². The summed E-state index contributed by atoms with van der Waals surface area (Å²) in [6.07, 6.45) is 1.74. The molecule has 3 atom stereocenters. The van der Waals surface area contributed by atoms with Crippen LogP contribution in [-0.2, 0) is 12.0 Å². The molecule has 166 valence electrons. The smallest absolute Gasteiger partial charge is 0.251 e. The van der Waals surface area contributed by atoms with Crippen molar-refractivity contribution in [2.24, 2.45) is 5.92 Å². The van der Waals surface area contributed by atoms with Gasteiger partial charge in [-0.25, -0.2) is 0 Å². The molecule has 1 saturated heterocycles. The molecule has 32 heavy (non-hydrogen) atoms. The van der Waals surface area contributed by atoms with Crippen molar-refractivity contribution >= 4 is 5.91 Å². The summed E-state index contributed by atoms with van der Waals surface area (Å²) in [5, 5.41) is 7.37. The van der Waals surface area contributed by atoms with Gasteiger partial charge in [0.15, 0.2) is 5.82 Å². The van der Waals surface area contributed by atoms with Crippen molar-refractivity contribution in [2.75, 3.05) is 13.1 Å². The number of fused-ring (bicyclic) bond motifs is 1. The third-order valence-electron chi connectivity index (χ3n) is 7.25. The Kier molecular flexibility index (Phi) is 5.33. The molecular formula is C26H30N4O2. The fourth-order valence-corrected chi connectivity index (χ4v) is 5.53. The molecule has 1 aliphatic heterocycles. The summed E-state index contributed by atoms with van der Waals surface area (Å²) in [5.41, 5.74) is 4.15. The number of amides is 1. The molecule has 0 unspecified atom stereocenters. The van der Waals surface area contributed by atoms with E-state index in [2.05, 4.69) is 51.5 Å². The molecule has 1 N–H and O–H groups in total. The van der Waals surface area contributed by atoms with Gasteiger partial charge in [0.1, 0.15) is 0 Å². The van der Waals surface area contributed by atoms with Crippen LogP contribution in [0.5, 0.6) is 0 Å². The summed E-state index contributed by atoms with van der Waals surface area (Å²) in [5.74, 6) is 1.75. The molecule has 0 radical (unpaired) electrons. The third-order valence-corrected chi connectivity index (χ3v) is 7.25. The van der Waals surface area contributed by atoms with Crippen molar-refractivity contribution in [1.29, 1.82) is 0 Å². The van der Waals surface area contributed by atoms with Gasteiger partial charge in [-0.15, -0.1) is 0 Å². The number of aryl methyl sites for hydroxylation is 3.